The van der Waals surface area contributed by atoms with Crippen LogP contribution < -0.4 is 29.7 Å². The van der Waals surface area contributed by atoms with E-state index < -0.39 is 6.04 Å². The second-order valence-corrected chi connectivity index (χ2v) is 11.2. The summed E-state index contributed by atoms with van der Waals surface area (Å²) in [6.07, 6.45) is 1.80. The maximum Gasteiger partial charge on any atom is 0.271 e. The Hall–Kier alpha value is -5.28. The number of aromatic nitrogens is 1. The number of carbonyl (C=O) groups excluding carboxylic acids is 1. The molecule has 9 heteroatoms. The number of thiazole rings is 1. The second kappa shape index (κ2) is 12.5. The first kappa shape index (κ1) is 28.8. The summed E-state index contributed by atoms with van der Waals surface area (Å²) in [6, 6.07) is 29.4. The van der Waals surface area contributed by atoms with Gasteiger partial charge in [-0.2, -0.15) is 0 Å². The van der Waals surface area contributed by atoms with Crippen LogP contribution in [0.4, 0.5) is 10.1 Å². The number of anilines is 1. The van der Waals surface area contributed by atoms with Crippen molar-refractivity contribution in [3.05, 3.63) is 157 Å². The van der Waals surface area contributed by atoms with Crippen LogP contribution >= 0.6 is 11.3 Å². The lowest BCUT2D eigenvalue weighted by atomic mass is 9.95. The predicted octanol–water partition coefficient (Wildman–Crippen LogP) is 5.60. The number of rotatable bonds is 8. The lowest BCUT2D eigenvalue weighted by molar-refractivity contribution is -0.113. The number of carbonyl (C=O) groups is 1. The maximum atomic E-state index is 14.0. The summed E-state index contributed by atoms with van der Waals surface area (Å²) >= 11 is 1.27. The number of nitrogens with one attached hydrogen (secondary N) is 1. The van der Waals surface area contributed by atoms with Crippen molar-refractivity contribution in [2.75, 3.05) is 12.4 Å². The highest BCUT2D eigenvalue weighted by Gasteiger charge is 2.32. The van der Waals surface area contributed by atoms with Gasteiger partial charge in [0.05, 0.1) is 29.0 Å². The molecular weight excluding hydrogens is 577 g/mol. The highest BCUT2D eigenvalue weighted by molar-refractivity contribution is 7.07. The van der Waals surface area contributed by atoms with Crippen LogP contribution in [0.25, 0.3) is 6.08 Å². The van der Waals surface area contributed by atoms with Crippen LogP contribution in [-0.4, -0.2) is 17.6 Å². The third-order valence-electron chi connectivity index (χ3n) is 7.20. The number of benzene rings is 4. The monoisotopic (exact) mass is 605 g/mol. The molecule has 7 nitrogen and oxygen atoms in total. The van der Waals surface area contributed by atoms with Crippen LogP contribution in [0.5, 0.6) is 11.5 Å². The molecule has 0 radical (unpaired) electrons. The average Bonchev–Trinajstić information content (AvgIpc) is 3.34. The zero-order chi connectivity index (χ0) is 30.6. The van der Waals surface area contributed by atoms with Gasteiger partial charge < -0.3 is 14.8 Å². The molecule has 1 amide bonds. The van der Waals surface area contributed by atoms with E-state index in [0.29, 0.717) is 44.4 Å². The lowest BCUT2D eigenvalue weighted by Gasteiger charge is -2.25. The van der Waals surface area contributed by atoms with Crippen molar-refractivity contribution in [2.24, 2.45) is 4.99 Å². The van der Waals surface area contributed by atoms with E-state index in [2.05, 4.69) is 5.32 Å². The molecule has 1 N–H and O–H groups in total. The van der Waals surface area contributed by atoms with Gasteiger partial charge in [0, 0.05) is 5.69 Å². The third-order valence-corrected chi connectivity index (χ3v) is 8.19. The molecule has 0 bridgehead atoms. The number of amides is 1. The largest absolute Gasteiger partial charge is 0.497 e. The van der Waals surface area contributed by atoms with E-state index in [0.717, 1.165) is 16.7 Å². The van der Waals surface area contributed by atoms with Gasteiger partial charge in [0.1, 0.15) is 23.9 Å². The Kier molecular flexibility index (Phi) is 8.21. The smallest absolute Gasteiger partial charge is 0.271 e. The number of ether oxygens (including phenoxy) is 2. The molecule has 0 saturated heterocycles. The summed E-state index contributed by atoms with van der Waals surface area (Å²) < 4.78 is 26.5. The fourth-order valence-corrected chi connectivity index (χ4v) is 6.06. The van der Waals surface area contributed by atoms with Gasteiger partial charge in [0.2, 0.25) is 0 Å². The Morgan fingerprint density at radius 3 is 2.45 bits per heavy atom. The topological polar surface area (TPSA) is 81.9 Å². The minimum Gasteiger partial charge on any atom is -0.497 e. The zero-order valence-electron chi connectivity index (χ0n) is 24.0. The summed E-state index contributed by atoms with van der Waals surface area (Å²) in [6.45, 7) is 2.09. The number of hydrogen-bond acceptors (Lipinski definition) is 6. The molecule has 220 valence electrons. The Labute approximate surface area is 256 Å². The van der Waals surface area contributed by atoms with Crippen molar-refractivity contribution >= 4 is 29.0 Å². The SMILES string of the molecule is COc1cccc([C@@H]2C(C(=O)Nc3ccccc3)=C(C)N=c3s/c(=C\c4ccc(OCc5ccc(F)cc5)cc4)c(=O)n32)c1. The minimum atomic E-state index is -0.713. The zero-order valence-corrected chi connectivity index (χ0v) is 24.8. The van der Waals surface area contributed by atoms with Crippen LogP contribution in [0.3, 0.4) is 0 Å². The van der Waals surface area contributed by atoms with Crippen molar-refractivity contribution in [2.45, 2.75) is 19.6 Å². The molecule has 0 aliphatic carbocycles. The van der Waals surface area contributed by atoms with Gasteiger partial charge in [-0.15, -0.1) is 0 Å². The van der Waals surface area contributed by atoms with E-state index in [1.807, 2.05) is 78.9 Å². The Balaban J connectivity index is 1.35. The van der Waals surface area contributed by atoms with Gasteiger partial charge in [-0.1, -0.05) is 65.9 Å². The van der Waals surface area contributed by atoms with E-state index >= 15 is 0 Å². The molecule has 1 aliphatic heterocycles. The first-order valence-electron chi connectivity index (χ1n) is 13.9. The van der Waals surface area contributed by atoms with E-state index in [9.17, 15) is 14.0 Å². The molecule has 1 atom stereocenters. The van der Waals surface area contributed by atoms with Gasteiger partial charge in [0.15, 0.2) is 4.80 Å². The standard InChI is InChI=1S/C35H28FN3O4S/c1-22-31(33(40)38-27-8-4-3-5-9-27)32(25-7-6-10-29(20-25)42-2)39-34(41)30(44-35(39)37-22)19-23-13-17-28(18-14-23)43-21-24-11-15-26(36)16-12-24/h3-20,32H,21H2,1-2H3,(H,38,40)/b30-19-/t32-/m1/s1. The number of nitrogens with zero attached hydrogens (tertiary/aromatic N) is 2. The number of halogens is 1. The average molecular weight is 606 g/mol. The molecular formula is C35H28FN3O4S. The van der Waals surface area contributed by atoms with Gasteiger partial charge in [-0.25, -0.2) is 9.38 Å². The van der Waals surface area contributed by atoms with Gasteiger partial charge in [0.25, 0.3) is 11.5 Å². The molecule has 0 unspecified atom stereocenters. The predicted molar refractivity (Wildman–Crippen MR) is 169 cm³/mol. The Morgan fingerprint density at radius 2 is 1.73 bits per heavy atom. The van der Waals surface area contributed by atoms with Gasteiger partial charge in [-0.3, -0.25) is 14.2 Å². The van der Waals surface area contributed by atoms with E-state index in [1.165, 1.54) is 23.5 Å². The molecule has 0 spiro atoms. The quantitative estimate of drug-likeness (QED) is 0.250. The first-order chi connectivity index (χ1) is 21.4. The molecule has 2 heterocycles. The number of hydrogen-bond donors (Lipinski definition) is 1. The highest BCUT2D eigenvalue weighted by Crippen LogP contribution is 2.32. The normalized spacial score (nSPS) is 14.5. The summed E-state index contributed by atoms with van der Waals surface area (Å²) in [7, 11) is 1.58. The minimum absolute atomic E-state index is 0.254. The fraction of sp³-hybridized carbons (Fsp3) is 0.114. The molecule has 0 saturated carbocycles. The van der Waals surface area contributed by atoms with Crippen LogP contribution in [0.15, 0.2) is 124 Å². The van der Waals surface area contributed by atoms with Crippen LogP contribution in [0.2, 0.25) is 0 Å². The fourth-order valence-electron chi connectivity index (χ4n) is 5.02. The Morgan fingerprint density at radius 1 is 0.977 bits per heavy atom. The maximum absolute atomic E-state index is 14.0. The van der Waals surface area contributed by atoms with Gasteiger partial charge in [-0.05, 0) is 78.2 Å². The van der Waals surface area contributed by atoms with Crippen molar-refractivity contribution in [3.8, 4) is 11.5 Å². The number of allylic oxidation sites excluding steroid dienone is 1. The lowest BCUT2D eigenvalue weighted by Crippen LogP contribution is -2.40. The number of fused-ring (bicyclic) bond motifs is 1. The highest BCUT2D eigenvalue weighted by atomic mass is 32.1. The second-order valence-electron chi connectivity index (χ2n) is 10.2. The molecule has 1 aromatic heterocycles. The summed E-state index contributed by atoms with van der Waals surface area (Å²) in [5.41, 5.74) is 3.69. The molecule has 4 aromatic carbocycles. The van der Waals surface area contributed by atoms with E-state index in [-0.39, 0.29) is 17.3 Å². The van der Waals surface area contributed by atoms with Crippen LogP contribution in [0, 0.1) is 5.82 Å². The van der Waals surface area contributed by atoms with Crippen LogP contribution in [0.1, 0.15) is 29.7 Å². The molecule has 44 heavy (non-hydrogen) atoms. The number of methoxy groups -OCH3 is 1. The molecule has 6 rings (SSSR count). The van der Waals surface area contributed by atoms with E-state index in [1.54, 1.807) is 36.8 Å². The van der Waals surface area contributed by atoms with Gasteiger partial charge >= 0.3 is 0 Å². The third kappa shape index (κ3) is 6.09. The molecule has 5 aromatic rings. The summed E-state index contributed by atoms with van der Waals surface area (Å²) in [5, 5.41) is 2.96. The van der Waals surface area contributed by atoms with Crippen molar-refractivity contribution in [1.29, 1.82) is 0 Å². The first-order valence-corrected chi connectivity index (χ1v) is 14.7. The summed E-state index contributed by atoms with van der Waals surface area (Å²) in [4.78, 5) is 32.9. The van der Waals surface area contributed by atoms with Crippen molar-refractivity contribution in [1.82, 2.24) is 4.57 Å². The van der Waals surface area contributed by atoms with E-state index in [4.69, 9.17) is 14.5 Å². The molecule has 0 fully saturated rings. The Bertz CT molecular complexity index is 2030. The van der Waals surface area contributed by atoms with Crippen molar-refractivity contribution in [3.63, 3.8) is 0 Å². The van der Waals surface area contributed by atoms with Crippen LogP contribution in [-0.2, 0) is 11.4 Å². The molecule has 1 aliphatic rings. The summed E-state index contributed by atoms with van der Waals surface area (Å²) in [5.74, 6) is 0.635. The van der Waals surface area contributed by atoms with Crippen molar-refractivity contribution < 1.29 is 18.7 Å². The number of para-hydroxylation sites is 1.